The van der Waals surface area contributed by atoms with E-state index in [-0.39, 0.29) is 15.7 Å². The number of carbonyl (C=O) groups excluding carboxylic acids is 1. The summed E-state index contributed by atoms with van der Waals surface area (Å²) in [6, 6.07) is 3.01. The molecule has 0 aliphatic carbocycles. The molecule has 0 heterocycles. The molecule has 21 heavy (non-hydrogen) atoms. The number of amides is 1. The van der Waals surface area contributed by atoms with Crippen molar-refractivity contribution in [3.05, 3.63) is 38.3 Å². The summed E-state index contributed by atoms with van der Waals surface area (Å²) in [4.78, 5) is 33.4. The van der Waals surface area contributed by atoms with E-state index >= 15 is 0 Å². The summed E-state index contributed by atoms with van der Waals surface area (Å²) in [6.07, 6.45) is 1.78. The summed E-state index contributed by atoms with van der Waals surface area (Å²) in [6.45, 7) is 1.91. The quantitative estimate of drug-likeness (QED) is 0.575. The Morgan fingerprint density at radius 1 is 1.48 bits per heavy atom. The fourth-order valence-corrected chi connectivity index (χ4v) is 2.33. The van der Waals surface area contributed by atoms with Crippen LogP contribution in [0.5, 0.6) is 0 Å². The van der Waals surface area contributed by atoms with Crippen molar-refractivity contribution in [2.24, 2.45) is 0 Å². The minimum absolute atomic E-state index is 0.0342. The number of hydrogen-bond donors (Lipinski definition) is 2. The molecule has 2 N–H and O–H groups in total. The van der Waals surface area contributed by atoms with Crippen LogP contribution >= 0.6 is 15.9 Å². The third-order valence-electron chi connectivity index (χ3n) is 2.87. The molecule has 1 aromatic carbocycles. The molecule has 1 amide bonds. The molecule has 1 aromatic rings. The molecule has 0 aliphatic rings. The second-order valence-electron chi connectivity index (χ2n) is 4.40. The molecule has 1 rings (SSSR count). The van der Waals surface area contributed by atoms with Gasteiger partial charge in [-0.3, -0.25) is 14.9 Å². The Morgan fingerprint density at radius 2 is 2.14 bits per heavy atom. The van der Waals surface area contributed by atoms with Gasteiger partial charge in [-0.1, -0.05) is 25.8 Å². The molecule has 7 nitrogen and oxygen atoms in total. The normalized spacial score (nSPS) is 11.7. The van der Waals surface area contributed by atoms with Crippen LogP contribution in [0, 0.1) is 10.1 Å². The highest BCUT2D eigenvalue weighted by Gasteiger charge is 2.24. The molecule has 0 bridgehead atoms. The van der Waals surface area contributed by atoms with Gasteiger partial charge in [0.15, 0.2) is 0 Å². The zero-order chi connectivity index (χ0) is 16.0. The van der Waals surface area contributed by atoms with Crippen LogP contribution in [0.3, 0.4) is 0 Å². The summed E-state index contributed by atoms with van der Waals surface area (Å²) in [5, 5.41) is 22.3. The number of nitro benzene ring substituents is 1. The molecular formula is C13H15BrN2O5. The lowest BCUT2D eigenvalue weighted by atomic mass is 10.1. The van der Waals surface area contributed by atoms with Gasteiger partial charge in [-0.15, -0.1) is 0 Å². The number of aliphatic carboxylic acids is 1. The Hall–Kier alpha value is -1.96. The van der Waals surface area contributed by atoms with Crippen LogP contribution in [0.25, 0.3) is 0 Å². The number of hydrogen-bond acceptors (Lipinski definition) is 4. The highest BCUT2D eigenvalue weighted by Crippen LogP contribution is 2.28. The van der Waals surface area contributed by atoms with Crippen LogP contribution in [-0.4, -0.2) is 27.9 Å². The van der Waals surface area contributed by atoms with E-state index < -0.39 is 22.8 Å². The minimum Gasteiger partial charge on any atom is -0.480 e. The second-order valence-corrected chi connectivity index (χ2v) is 5.20. The first-order valence-corrected chi connectivity index (χ1v) is 7.14. The van der Waals surface area contributed by atoms with Crippen LogP contribution < -0.4 is 5.32 Å². The predicted molar refractivity (Wildman–Crippen MR) is 79.2 cm³/mol. The van der Waals surface area contributed by atoms with E-state index in [1.165, 1.54) is 18.2 Å². The van der Waals surface area contributed by atoms with E-state index in [0.29, 0.717) is 12.8 Å². The van der Waals surface area contributed by atoms with Gasteiger partial charge in [-0.25, -0.2) is 4.79 Å². The molecule has 114 valence electrons. The van der Waals surface area contributed by atoms with Crippen molar-refractivity contribution in [2.45, 2.75) is 32.2 Å². The number of benzene rings is 1. The maximum Gasteiger partial charge on any atom is 0.326 e. The number of unbranched alkanes of at least 4 members (excludes halogenated alkanes) is 1. The van der Waals surface area contributed by atoms with Crippen LogP contribution in [0.4, 0.5) is 5.69 Å². The number of carboxylic acids is 1. The molecule has 0 saturated heterocycles. The summed E-state index contributed by atoms with van der Waals surface area (Å²) < 4.78 is 0.0344. The van der Waals surface area contributed by atoms with Gasteiger partial charge in [0, 0.05) is 6.07 Å². The Morgan fingerprint density at radius 3 is 2.67 bits per heavy atom. The molecule has 8 heteroatoms. The highest BCUT2D eigenvalue weighted by atomic mass is 79.9. The van der Waals surface area contributed by atoms with Crippen LogP contribution in [0.1, 0.15) is 36.5 Å². The van der Waals surface area contributed by atoms with Gasteiger partial charge in [-0.05, 0) is 28.4 Å². The van der Waals surface area contributed by atoms with Crippen molar-refractivity contribution in [1.29, 1.82) is 0 Å². The number of carbonyl (C=O) groups is 2. The second kappa shape index (κ2) is 7.72. The highest BCUT2D eigenvalue weighted by molar-refractivity contribution is 9.10. The van der Waals surface area contributed by atoms with Gasteiger partial charge >= 0.3 is 5.97 Å². The lowest BCUT2D eigenvalue weighted by molar-refractivity contribution is -0.385. The average molecular weight is 359 g/mol. The van der Waals surface area contributed by atoms with Gasteiger partial charge in [0.1, 0.15) is 10.5 Å². The zero-order valence-electron chi connectivity index (χ0n) is 11.3. The summed E-state index contributed by atoms with van der Waals surface area (Å²) in [5.41, 5.74) is -0.213. The molecule has 0 spiro atoms. The van der Waals surface area contributed by atoms with E-state index in [9.17, 15) is 19.7 Å². The lowest BCUT2D eigenvalue weighted by Gasteiger charge is -2.14. The van der Waals surface area contributed by atoms with E-state index in [1.54, 1.807) is 0 Å². The van der Waals surface area contributed by atoms with E-state index in [2.05, 4.69) is 21.2 Å². The maximum absolute atomic E-state index is 12.1. The molecular weight excluding hydrogens is 344 g/mol. The number of carboxylic acid groups (broad SMARTS) is 1. The number of halogens is 1. The molecule has 0 fully saturated rings. The van der Waals surface area contributed by atoms with Gasteiger partial charge in [0.05, 0.1) is 10.5 Å². The molecule has 0 aliphatic heterocycles. The fraction of sp³-hybridized carbons (Fsp3) is 0.385. The Balaban J connectivity index is 2.95. The summed E-state index contributed by atoms with van der Waals surface area (Å²) in [7, 11) is 0. The number of nitro groups is 1. The van der Waals surface area contributed by atoms with E-state index in [1.807, 2.05) is 6.92 Å². The van der Waals surface area contributed by atoms with Crippen molar-refractivity contribution in [1.82, 2.24) is 5.32 Å². The Kier molecular flexibility index (Phi) is 6.29. The minimum atomic E-state index is -1.13. The summed E-state index contributed by atoms with van der Waals surface area (Å²) in [5.74, 6) is -1.78. The molecule has 1 atom stereocenters. The number of rotatable bonds is 7. The molecule has 0 aromatic heterocycles. The SMILES string of the molecule is CCCCC(NC(=O)c1cccc([N+](=O)[O-])c1Br)C(=O)O. The smallest absolute Gasteiger partial charge is 0.326 e. The Labute approximate surface area is 129 Å². The van der Waals surface area contributed by atoms with Crippen LogP contribution in [0.2, 0.25) is 0 Å². The summed E-state index contributed by atoms with van der Waals surface area (Å²) >= 11 is 3.01. The van der Waals surface area contributed by atoms with Crippen LogP contribution in [-0.2, 0) is 4.79 Å². The zero-order valence-corrected chi connectivity index (χ0v) is 12.9. The van der Waals surface area contributed by atoms with Crippen molar-refractivity contribution in [2.75, 3.05) is 0 Å². The van der Waals surface area contributed by atoms with Gasteiger partial charge < -0.3 is 10.4 Å². The first-order chi connectivity index (χ1) is 9.88. The Bertz CT molecular complexity index is 561. The van der Waals surface area contributed by atoms with Gasteiger partial charge in [0.25, 0.3) is 11.6 Å². The number of nitrogens with zero attached hydrogens (tertiary/aromatic N) is 1. The first-order valence-electron chi connectivity index (χ1n) is 6.35. The van der Waals surface area contributed by atoms with E-state index in [0.717, 1.165) is 6.42 Å². The van der Waals surface area contributed by atoms with Crippen LogP contribution in [0.15, 0.2) is 22.7 Å². The maximum atomic E-state index is 12.1. The fourth-order valence-electron chi connectivity index (χ4n) is 1.74. The topological polar surface area (TPSA) is 110 Å². The average Bonchev–Trinajstić information content (AvgIpc) is 2.42. The van der Waals surface area contributed by atoms with E-state index in [4.69, 9.17) is 5.11 Å². The van der Waals surface area contributed by atoms with Crippen molar-refractivity contribution >= 4 is 33.5 Å². The van der Waals surface area contributed by atoms with Crippen molar-refractivity contribution < 1.29 is 19.6 Å². The number of nitrogens with one attached hydrogen (secondary N) is 1. The predicted octanol–water partition coefficient (Wildman–Crippen LogP) is 2.73. The van der Waals surface area contributed by atoms with Gasteiger partial charge in [0.2, 0.25) is 0 Å². The van der Waals surface area contributed by atoms with Crippen molar-refractivity contribution in [3.63, 3.8) is 0 Å². The first kappa shape index (κ1) is 17.1. The monoisotopic (exact) mass is 358 g/mol. The third kappa shape index (κ3) is 4.52. The lowest BCUT2D eigenvalue weighted by Crippen LogP contribution is -2.40. The molecule has 0 radical (unpaired) electrons. The largest absolute Gasteiger partial charge is 0.480 e. The van der Waals surface area contributed by atoms with Gasteiger partial charge in [-0.2, -0.15) is 0 Å². The molecule has 1 unspecified atom stereocenters. The molecule has 0 saturated carbocycles. The van der Waals surface area contributed by atoms with Crippen molar-refractivity contribution in [3.8, 4) is 0 Å². The third-order valence-corrected chi connectivity index (χ3v) is 3.70. The standard InChI is InChI=1S/C13H15BrN2O5/c1-2-3-6-9(13(18)19)15-12(17)8-5-4-7-10(11(8)14)16(20)21/h4-5,7,9H,2-3,6H2,1H3,(H,15,17)(H,18,19).